The number of hydrogen-bond acceptors (Lipinski definition) is 3. The fraction of sp³-hybridized carbons (Fsp3) is 0.278. The average molecular weight is 329 g/mol. The predicted molar refractivity (Wildman–Crippen MR) is 87.5 cm³/mol. The van der Waals surface area contributed by atoms with E-state index in [1.165, 1.54) is 22.9 Å². The van der Waals surface area contributed by atoms with E-state index >= 15 is 0 Å². The first-order valence-corrected chi connectivity index (χ1v) is 8.01. The number of halogens is 2. The number of nitrogens with zero attached hydrogens (tertiary/aromatic N) is 2. The summed E-state index contributed by atoms with van der Waals surface area (Å²) in [5, 5.41) is 8.26. The summed E-state index contributed by atoms with van der Waals surface area (Å²) in [5.41, 5.74) is 1.13. The normalized spacial score (nSPS) is 15.8. The first kappa shape index (κ1) is 15.1. The molecular weight excluding hydrogens is 312 g/mol. The Morgan fingerprint density at radius 1 is 1.12 bits per heavy atom. The minimum atomic E-state index is -0.431. The molecule has 2 aromatic carbocycles. The highest BCUT2D eigenvalue weighted by atomic mass is 19.1. The zero-order valence-electron chi connectivity index (χ0n) is 13.0. The molecule has 124 valence electrons. The first-order valence-electron chi connectivity index (χ1n) is 8.01. The lowest BCUT2D eigenvalue weighted by Gasteiger charge is -2.24. The fourth-order valence-corrected chi connectivity index (χ4v) is 3.02. The topological polar surface area (TPSA) is 39.1 Å². The van der Waals surface area contributed by atoms with Crippen LogP contribution in [0, 0.1) is 11.6 Å². The van der Waals surface area contributed by atoms with Gasteiger partial charge >= 0.3 is 0 Å². The SMILES string of the molecule is Fc1cccc(-n2ncc3cc(OC4CCNCC4)c(F)cc32)c1. The van der Waals surface area contributed by atoms with Crippen LogP contribution in [0.4, 0.5) is 8.78 Å². The van der Waals surface area contributed by atoms with Gasteiger partial charge in [0.25, 0.3) is 0 Å². The molecule has 1 N–H and O–H groups in total. The number of nitrogens with one attached hydrogen (secondary N) is 1. The summed E-state index contributed by atoms with van der Waals surface area (Å²) >= 11 is 0. The van der Waals surface area contributed by atoms with E-state index in [0.29, 0.717) is 11.2 Å². The van der Waals surface area contributed by atoms with Gasteiger partial charge in [-0.1, -0.05) is 6.07 Å². The van der Waals surface area contributed by atoms with Crippen molar-refractivity contribution in [1.82, 2.24) is 15.1 Å². The molecule has 1 fully saturated rings. The molecule has 2 heterocycles. The summed E-state index contributed by atoms with van der Waals surface area (Å²) in [6, 6.07) is 9.11. The van der Waals surface area contributed by atoms with Gasteiger partial charge in [-0.3, -0.25) is 0 Å². The first-order chi connectivity index (χ1) is 11.7. The zero-order valence-corrected chi connectivity index (χ0v) is 13.0. The van der Waals surface area contributed by atoms with Crippen molar-refractivity contribution in [1.29, 1.82) is 0 Å². The third-order valence-electron chi connectivity index (χ3n) is 4.25. The van der Waals surface area contributed by atoms with Gasteiger partial charge in [-0.2, -0.15) is 5.10 Å². The molecule has 24 heavy (non-hydrogen) atoms. The molecule has 4 nitrogen and oxygen atoms in total. The minimum absolute atomic E-state index is 0.0245. The molecule has 0 unspecified atom stereocenters. The van der Waals surface area contributed by atoms with Gasteiger partial charge in [0, 0.05) is 11.5 Å². The van der Waals surface area contributed by atoms with Crippen molar-refractivity contribution < 1.29 is 13.5 Å². The third kappa shape index (κ3) is 2.85. The highest BCUT2D eigenvalue weighted by Crippen LogP contribution is 2.28. The Bertz CT molecular complexity index is 872. The Morgan fingerprint density at radius 2 is 1.96 bits per heavy atom. The van der Waals surface area contributed by atoms with Crippen LogP contribution >= 0.6 is 0 Å². The number of rotatable bonds is 3. The van der Waals surface area contributed by atoms with Gasteiger partial charge in [0.1, 0.15) is 11.9 Å². The highest BCUT2D eigenvalue weighted by Gasteiger charge is 2.18. The zero-order chi connectivity index (χ0) is 16.5. The van der Waals surface area contributed by atoms with E-state index in [-0.39, 0.29) is 17.7 Å². The summed E-state index contributed by atoms with van der Waals surface area (Å²) in [4.78, 5) is 0. The average Bonchev–Trinajstić information content (AvgIpc) is 2.99. The Kier molecular flexibility index (Phi) is 3.90. The van der Waals surface area contributed by atoms with Crippen LogP contribution in [0.25, 0.3) is 16.6 Å². The van der Waals surface area contributed by atoms with Gasteiger partial charge in [0.15, 0.2) is 11.6 Å². The number of hydrogen-bond donors (Lipinski definition) is 1. The number of fused-ring (bicyclic) bond motifs is 1. The second kappa shape index (κ2) is 6.20. The van der Waals surface area contributed by atoms with Crippen LogP contribution in [0.5, 0.6) is 5.75 Å². The summed E-state index contributed by atoms with van der Waals surface area (Å²) in [7, 11) is 0. The van der Waals surface area contributed by atoms with E-state index in [1.807, 2.05) is 0 Å². The molecule has 1 saturated heterocycles. The predicted octanol–water partition coefficient (Wildman–Crippen LogP) is 3.43. The van der Waals surface area contributed by atoms with E-state index < -0.39 is 5.82 Å². The van der Waals surface area contributed by atoms with Crippen LogP contribution < -0.4 is 10.1 Å². The van der Waals surface area contributed by atoms with Crippen molar-refractivity contribution in [3.05, 3.63) is 54.2 Å². The van der Waals surface area contributed by atoms with Crippen LogP contribution in [-0.4, -0.2) is 29.0 Å². The summed E-state index contributed by atoms with van der Waals surface area (Å²) < 4.78 is 35.2. The van der Waals surface area contributed by atoms with Crippen molar-refractivity contribution in [2.45, 2.75) is 18.9 Å². The molecule has 1 aliphatic rings. The monoisotopic (exact) mass is 329 g/mol. The summed E-state index contributed by atoms with van der Waals surface area (Å²) in [6.07, 6.45) is 3.38. The third-order valence-corrected chi connectivity index (χ3v) is 4.25. The Labute approximate surface area is 138 Å². The Morgan fingerprint density at radius 3 is 2.75 bits per heavy atom. The molecule has 0 amide bonds. The number of ether oxygens (including phenoxy) is 1. The molecule has 0 radical (unpaired) electrons. The van der Waals surface area contributed by atoms with Gasteiger partial charge < -0.3 is 10.1 Å². The van der Waals surface area contributed by atoms with Crippen molar-refractivity contribution >= 4 is 10.9 Å². The smallest absolute Gasteiger partial charge is 0.167 e. The molecule has 6 heteroatoms. The van der Waals surface area contributed by atoms with Crippen LogP contribution in [0.2, 0.25) is 0 Å². The molecule has 0 bridgehead atoms. The van der Waals surface area contributed by atoms with Crippen molar-refractivity contribution in [3.8, 4) is 11.4 Å². The van der Waals surface area contributed by atoms with E-state index in [4.69, 9.17) is 4.74 Å². The molecule has 0 aliphatic carbocycles. The largest absolute Gasteiger partial charge is 0.487 e. The molecule has 0 atom stereocenters. The molecule has 1 aliphatic heterocycles. The number of piperidine rings is 1. The van der Waals surface area contributed by atoms with Crippen molar-refractivity contribution in [3.63, 3.8) is 0 Å². The van der Waals surface area contributed by atoms with Gasteiger partial charge in [-0.15, -0.1) is 0 Å². The maximum Gasteiger partial charge on any atom is 0.167 e. The highest BCUT2D eigenvalue weighted by molar-refractivity contribution is 5.82. The van der Waals surface area contributed by atoms with Crippen LogP contribution in [0.1, 0.15) is 12.8 Å². The van der Waals surface area contributed by atoms with Crippen molar-refractivity contribution in [2.75, 3.05) is 13.1 Å². The number of benzene rings is 2. The van der Waals surface area contributed by atoms with Gasteiger partial charge in [-0.05, 0) is 50.2 Å². The molecule has 0 saturated carbocycles. The lowest BCUT2D eigenvalue weighted by atomic mass is 10.1. The Hall–Kier alpha value is -2.47. The molecule has 4 rings (SSSR count). The van der Waals surface area contributed by atoms with Gasteiger partial charge in [-0.25, -0.2) is 13.5 Å². The molecule has 0 spiro atoms. The van der Waals surface area contributed by atoms with Crippen LogP contribution in [-0.2, 0) is 0 Å². The second-order valence-corrected chi connectivity index (χ2v) is 5.94. The Balaban J connectivity index is 1.69. The van der Waals surface area contributed by atoms with E-state index in [0.717, 1.165) is 31.3 Å². The lowest BCUT2D eigenvalue weighted by molar-refractivity contribution is 0.156. The van der Waals surface area contributed by atoms with E-state index in [2.05, 4.69) is 10.4 Å². The lowest BCUT2D eigenvalue weighted by Crippen LogP contribution is -2.34. The van der Waals surface area contributed by atoms with Crippen molar-refractivity contribution in [2.24, 2.45) is 0 Å². The molecule has 1 aromatic heterocycles. The van der Waals surface area contributed by atoms with Gasteiger partial charge in [0.05, 0.1) is 17.4 Å². The van der Waals surface area contributed by atoms with Gasteiger partial charge in [0.2, 0.25) is 0 Å². The molecule has 3 aromatic rings. The maximum absolute atomic E-state index is 14.5. The molecular formula is C18H17F2N3O. The minimum Gasteiger partial charge on any atom is -0.487 e. The number of aromatic nitrogens is 2. The standard InChI is InChI=1S/C18H17F2N3O/c19-13-2-1-3-14(9-13)23-17-10-16(20)18(8-12(17)11-22-23)24-15-4-6-21-7-5-15/h1-3,8-11,15,21H,4-7H2. The summed E-state index contributed by atoms with van der Waals surface area (Å²) in [5.74, 6) is -0.546. The van der Waals surface area contributed by atoms with E-state index in [1.54, 1.807) is 24.4 Å². The van der Waals surface area contributed by atoms with Crippen LogP contribution in [0.15, 0.2) is 42.6 Å². The summed E-state index contributed by atoms with van der Waals surface area (Å²) in [6.45, 7) is 1.76. The van der Waals surface area contributed by atoms with Crippen LogP contribution in [0.3, 0.4) is 0 Å². The fourth-order valence-electron chi connectivity index (χ4n) is 3.02. The van der Waals surface area contributed by atoms with E-state index in [9.17, 15) is 8.78 Å². The quantitative estimate of drug-likeness (QED) is 0.800. The second-order valence-electron chi connectivity index (χ2n) is 5.94. The maximum atomic E-state index is 14.5.